The largest absolute Gasteiger partial charge is 0.491 e. The lowest BCUT2D eigenvalue weighted by Gasteiger charge is -2.13. The molecular weight excluding hydrogens is 473 g/mol. The predicted octanol–water partition coefficient (Wildman–Crippen LogP) is 5.13. The number of rotatable bonds is 11. The molecule has 2 aromatic carbocycles. The van der Waals surface area contributed by atoms with Gasteiger partial charge < -0.3 is 15.8 Å². The molecule has 3 rings (SSSR count). The number of carbonyl (C=O) groups excluding carboxylic acids is 2. The third kappa shape index (κ3) is 8.16. The van der Waals surface area contributed by atoms with Crippen molar-refractivity contribution in [1.82, 2.24) is 9.97 Å². The van der Waals surface area contributed by atoms with E-state index >= 15 is 0 Å². The van der Waals surface area contributed by atoms with E-state index in [0.717, 1.165) is 35.2 Å². The molecule has 0 saturated carbocycles. The van der Waals surface area contributed by atoms with Crippen LogP contribution < -0.4 is 11.1 Å². The van der Waals surface area contributed by atoms with Crippen LogP contribution in [0.4, 0.5) is 19.1 Å². The molecule has 36 heavy (non-hydrogen) atoms. The summed E-state index contributed by atoms with van der Waals surface area (Å²) in [5.74, 6) is -3.25. The summed E-state index contributed by atoms with van der Waals surface area (Å²) in [6, 6.07) is 19.3. The van der Waals surface area contributed by atoms with Crippen molar-refractivity contribution < 1.29 is 27.5 Å². The van der Waals surface area contributed by atoms with Crippen molar-refractivity contribution in [2.24, 2.45) is 5.73 Å². The minimum absolute atomic E-state index is 0.127. The van der Waals surface area contributed by atoms with Crippen molar-refractivity contribution in [2.45, 2.75) is 44.3 Å². The van der Waals surface area contributed by atoms with Crippen LogP contribution in [0.15, 0.2) is 66.9 Å². The van der Waals surface area contributed by atoms with Gasteiger partial charge in [0.15, 0.2) is 0 Å². The highest BCUT2D eigenvalue weighted by Crippen LogP contribution is 2.30. The van der Waals surface area contributed by atoms with E-state index < -0.39 is 24.2 Å². The van der Waals surface area contributed by atoms with Gasteiger partial charge in [0.1, 0.15) is 0 Å². The number of esters is 2. The molecule has 3 aromatic rings. The maximum absolute atomic E-state index is 12.1. The molecule has 0 bridgehead atoms. The van der Waals surface area contributed by atoms with Crippen molar-refractivity contribution in [1.29, 1.82) is 0 Å². The van der Waals surface area contributed by atoms with Crippen molar-refractivity contribution in [3.8, 4) is 22.4 Å². The van der Waals surface area contributed by atoms with E-state index in [1.807, 2.05) is 60.7 Å². The second-order valence-corrected chi connectivity index (χ2v) is 8.17. The molecule has 0 aliphatic heterocycles. The number of hydrogen-bond acceptors (Lipinski definition) is 7. The van der Waals surface area contributed by atoms with E-state index in [0.29, 0.717) is 18.9 Å². The van der Waals surface area contributed by atoms with Gasteiger partial charge in [0.05, 0.1) is 5.69 Å². The van der Waals surface area contributed by atoms with Gasteiger partial charge in [0, 0.05) is 36.3 Å². The summed E-state index contributed by atoms with van der Waals surface area (Å²) in [5.41, 5.74) is 9.66. The Bertz CT molecular complexity index is 1140. The Balaban J connectivity index is 1.47. The number of nitrogens with two attached hydrogens (primary N) is 1. The Labute approximate surface area is 206 Å². The highest BCUT2D eigenvalue weighted by atomic mass is 19.4. The maximum Gasteiger partial charge on any atom is 0.491 e. The topological polar surface area (TPSA) is 107 Å². The van der Waals surface area contributed by atoms with E-state index in [4.69, 9.17) is 10.7 Å². The van der Waals surface area contributed by atoms with E-state index in [-0.39, 0.29) is 12.8 Å². The first-order valence-corrected chi connectivity index (χ1v) is 11.5. The SMILES string of the molecule is N[C@H](CCCCNc1ncc(-c2ccccc2)c(-c2ccccc2)n1)CCC(=O)OC(=O)C(F)(F)F. The predicted molar refractivity (Wildman–Crippen MR) is 130 cm³/mol. The fourth-order valence-electron chi connectivity index (χ4n) is 3.50. The van der Waals surface area contributed by atoms with E-state index in [1.54, 1.807) is 6.20 Å². The van der Waals surface area contributed by atoms with Gasteiger partial charge in [0.2, 0.25) is 5.95 Å². The number of anilines is 1. The summed E-state index contributed by atoms with van der Waals surface area (Å²) in [6.45, 7) is 0.591. The van der Waals surface area contributed by atoms with E-state index in [9.17, 15) is 22.8 Å². The average molecular weight is 501 g/mol. The Hall–Kier alpha value is -3.79. The lowest BCUT2D eigenvalue weighted by atomic mass is 10.0. The molecule has 7 nitrogen and oxygen atoms in total. The molecule has 10 heteroatoms. The monoisotopic (exact) mass is 500 g/mol. The fraction of sp³-hybridized carbons (Fsp3) is 0.308. The molecular formula is C26H27F3N4O3. The molecule has 1 aromatic heterocycles. The van der Waals surface area contributed by atoms with Gasteiger partial charge in [-0.25, -0.2) is 14.8 Å². The molecule has 0 fully saturated rings. The summed E-state index contributed by atoms with van der Waals surface area (Å²) < 4.78 is 40.1. The second-order valence-electron chi connectivity index (χ2n) is 8.17. The zero-order chi connectivity index (χ0) is 26.0. The fourth-order valence-corrected chi connectivity index (χ4v) is 3.50. The number of unbranched alkanes of at least 4 members (excludes halogenated alkanes) is 1. The summed E-state index contributed by atoms with van der Waals surface area (Å²) in [7, 11) is 0. The zero-order valence-corrected chi connectivity index (χ0v) is 19.5. The van der Waals surface area contributed by atoms with Crippen LogP contribution in [-0.4, -0.2) is 40.7 Å². The molecule has 1 heterocycles. The number of carbonyl (C=O) groups is 2. The van der Waals surface area contributed by atoms with Crippen LogP contribution in [0.5, 0.6) is 0 Å². The van der Waals surface area contributed by atoms with Crippen molar-refractivity contribution in [3.63, 3.8) is 0 Å². The molecule has 0 aliphatic rings. The van der Waals surface area contributed by atoms with Crippen LogP contribution in [0.2, 0.25) is 0 Å². The number of ether oxygens (including phenoxy) is 1. The van der Waals surface area contributed by atoms with Crippen LogP contribution in [0, 0.1) is 0 Å². The smallest absolute Gasteiger partial charge is 0.386 e. The molecule has 0 spiro atoms. The average Bonchev–Trinajstić information content (AvgIpc) is 2.87. The van der Waals surface area contributed by atoms with Crippen LogP contribution in [0.25, 0.3) is 22.4 Å². The number of benzene rings is 2. The third-order valence-electron chi connectivity index (χ3n) is 5.36. The minimum atomic E-state index is -5.20. The number of nitrogens with zero attached hydrogens (tertiary/aromatic N) is 2. The minimum Gasteiger partial charge on any atom is -0.386 e. The summed E-state index contributed by atoms with van der Waals surface area (Å²) in [4.78, 5) is 31.2. The Morgan fingerprint density at radius 3 is 2.22 bits per heavy atom. The lowest BCUT2D eigenvalue weighted by Crippen LogP contribution is -2.29. The van der Waals surface area contributed by atoms with Gasteiger partial charge in [-0.1, -0.05) is 67.1 Å². The van der Waals surface area contributed by atoms with Gasteiger partial charge in [-0.15, -0.1) is 0 Å². The van der Waals surface area contributed by atoms with E-state index in [2.05, 4.69) is 15.0 Å². The van der Waals surface area contributed by atoms with Crippen LogP contribution >= 0.6 is 0 Å². The highest BCUT2D eigenvalue weighted by molar-refractivity contribution is 5.88. The van der Waals surface area contributed by atoms with Crippen LogP contribution in [0.3, 0.4) is 0 Å². The normalized spacial score (nSPS) is 12.1. The van der Waals surface area contributed by atoms with Crippen molar-refractivity contribution >= 4 is 17.9 Å². The van der Waals surface area contributed by atoms with Crippen molar-refractivity contribution in [3.05, 3.63) is 66.9 Å². The molecule has 0 amide bonds. The van der Waals surface area contributed by atoms with Gasteiger partial charge in [-0.3, -0.25) is 4.79 Å². The first-order chi connectivity index (χ1) is 17.2. The summed E-state index contributed by atoms with van der Waals surface area (Å²) in [5, 5.41) is 3.21. The standard InChI is InChI=1S/C26H27F3N4O3/c27-26(28,29)24(35)36-22(34)15-14-20(30)13-7-8-16-31-25-32-17-21(18-9-3-1-4-10-18)23(33-25)19-11-5-2-6-12-19/h1-6,9-12,17,20H,7-8,13-16,30H2,(H,31,32,33)/t20-/m1/s1. The van der Waals surface area contributed by atoms with Crippen molar-refractivity contribution in [2.75, 3.05) is 11.9 Å². The third-order valence-corrected chi connectivity index (χ3v) is 5.36. The van der Waals surface area contributed by atoms with Crippen LogP contribution in [0.1, 0.15) is 32.1 Å². The molecule has 190 valence electrons. The highest BCUT2D eigenvalue weighted by Gasteiger charge is 2.42. The molecule has 3 N–H and O–H groups in total. The molecule has 0 unspecified atom stereocenters. The summed E-state index contributed by atoms with van der Waals surface area (Å²) in [6.07, 6.45) is -1.60. The maximum atomic E-state index is 12.1. The number of alkyl halides is 3. The van der Waals surface area contributed by atoms with Gasteiger partial charge in [0.25, 0.3) is 0 Å². The number of hydrogen-bond donors (Lipinski definition) is 2. The molecule has 0 aliphatic carbocycles. The van der Waals surface area contributed by atoms with Crippen LogP contribution in [-0.2, 0) is 14.3 Å². The Morgan fingerprint density at radius 1 is 0.944 bits per heavy atom. The first-order valence-electron chi connectivity index (χ1n) is 11.5. The van der Waals surface area contributed by atoms with E-state index in [1.165, 1.54) is 0 Å². The molecule has 1 atom stereocenters. The molecule has 0 saturated heterocycles. The number of aromatic nitrogens is 2. The second kappa shape index (κ2) is 12.8. The number of nitrogens with one attached hydrogen (secondary N) is 1. The zero-order valence-electron chi connectivity index (χ0n) is 19.5. The quantitative estimate of drug-likeness (QED) is 0.213. The van der Waals surface area contributed by atoms with Gasteiger partial charge >= 0.3 is 18.1 Å². The number of halogens is 3. The summed E-state index contributed by atoms with van der Waals surface area (Å²) >= 11 is 0. The first kappa shape index (κ1) is 26.8. The van der Waals surface area contributed by atoms with Gasteiger partial charge in [-0.2, -0.15) is 13.2 Å². The Kier molecular flexibility index (Phi) is 9.52. The lowest BCUT2D eigenvalue weighted by molar-refractivity contribution is -0.201. The van der Waals surface area contributed by atoms with Gasteiger partial charge in [-0.05, 0) is 24.8 Å². The molecule has 0 radical (unpaired) electrons. The Morgan fingerprint density at radius 2 is 1.58 bits per heavy atom.